The Morgan fingerprint density at radius 2 is 1.06 bits per heavy atom. The fraction of sp³-hybridized carbons (Fsp3) is 0.105. The van der Waals surface area contributed by atoms with Gasteiger partial charge in [-0.1, -0.05) is 56.1 Å². The fourth-order valence-corrected chi connectivity index (χ4v) is 6.24. The van der Waals surface area contributed by atoms with Crippen molar-refractivity contribution in [3.8, 4) is 22.3 Å². The monoisotopic (exact) mass is 760 g/mol. The summed E-state index contributed by atoms with van der Waals surface area (Å²) in [5, 5.41) is 7.21. The maximum absolute atomic E-state index is 13.0. The summed E-state index contributed by atoms with van der Waals surface area (Å²) in [7, 11) is 0. The average Bonchev–Trinajstić information content (AvgIpc) is 3.94. The number of rotatable bonds is 8. The fourth-order valence-electron chi connectivity index (χ4n) is 5.84. The minimum atomic E-state index is -0.144. The van der Waals surface area contributed by atoms with Gasteiger partial charge in [0.05, 0.1) is 22.8 Å². The Kier molecular flexibility index (Phi) is 9.18. The molecule has 0 fully saturated rings. The highest BCUT2D eigenvalue weighted by atomic mass is 79.9. The number of hydrogen-bond acceptors (Lipinski definition) is 4. The van der Waals surface area contributed by atoms with Crippen LogP contribution in [0, 0.1) is 0 Å². The molecule has 5 aromatic rings. The second-order valence-electron chi connectivity index (χ2n) is 11.3. The Morgan fingerprint density at radius 3 is 1.52 bits per heavy atom. The molecule has 2 aliphatic rings. The lowest BCUT2D eigenvalue weighted by Gasteiger charge is -2.08. The van der Waals surface area contributed by atoms with E-state index in [1.54, 1.807) is 0 Å². The summed E-state index contributed by atoms with van der Waals surface area (Å²) in [6.07, 6.45) is 7.97. The highest BCUT2D eigenvalue weighted by Crippen LogP contribution is 2.35. The van der Waals surface area contributed by atoms with Gasteiger partial charge < -0.3 is 20.6 Å². The molecule has 0 spiro atoms. The van der Waals surface area contributed by atoms with Crippen LogP contribution in [0.15, 0.2) is 84.9 Å². The summed E-state index contributed by atoms with van der Waals surface area (Å²) < 4.78 is 0. The van der Waals surface area contributed by atoms with Crippen LogP contribution in [-0.2, 0) is 0 Å². The molecule has 8 bridgehead atoms. The Hall–Kier alpha value is -5.06. The summed E-state index contributed by atoms with van der Waals surface area (Å²) in [6, 6.07) is 27.3. The maximum atomic E-state index is 13.0. The standard InChI is InChI=1S/C38H30Br2N6O2/c39-15-17-41-37(47)25-5-1-3-23(19-25)35-31-11-9-29(44-31)21-27-7-8-28(43-27)22-30-10-12-32(45-30)36(34-14-13-33(35)46-34)24-4-2-6-26(20-24)38(48)42-18-16-40/h1-14,19-22,44-45H,15-18H2,(H,41,47)(H,42,48). The molecule has 2 amide bonds. The number of fused-ring (bicyclic) bond motifs is 8. The van der Waals surface area contributed by atoms with Gasteiger partial charge in [-0.25, -0.2) is 9.97 Å². The van der Waals surface area contributed by atoms with Crippen molar-refractivity contribution in [2.45, 2.75) is 0 Å². The average molecular weight is 763 g/mol. The van der Waals surface area contributed by atoms with Gasteiger partial charge in [0, 0.05) is 68.1 Å². The van der Waals surface area contributed by atoms with Crippen molar-refractivity contribution in [3.63, 3.8) is 0 Å². The quantitative estimate of drug-likeness (QED) is 0.117. The van der Waals surface area contributed by atoms with Crippen LogP contribution in [0.25, 0.3) is 68.6 Å². The smallest absolute Gasteiger partial charge is 0.251 e. The van der Waals surface area contributed by atoms with Gasteiger partial charge in [0.2, 0.25) is 0 Å². The van der Waals surface area contributed by atoms with Crippen molar-refractivity contribution < 1.29 is 9.59 Å². The number of nitrogens with one attached hydrogen (secondary N) is 4. The van der Waals surface area contributed by atoms with Gasteiger partial charge in [0.1, 0.15) is 0 Å². The van der Waals surface area contributed by atoms with Gasteiger partial charge in [-0.15, -0.1) is 0 Å². The third-order valence-corrected chi connectivity index (χ3v) is 8.78. The van der Waals surface area contributed by atoms with Crippen LogP contribution in [0.4, 0.5) is 0 Å². The number of halogens is 2. The second-order valence-corrected chi connectivity index (χ2v) is 12.8. The largest absolute Gasteiger partial charge is 0.355 e. The summed E-state index contributed by atoms with van der Waals surface area (Å²) in [4.78, 5) is 43.1. The molecule has 2 aliphatic heterocycles. The molecule has 48 heavy (non-hydrogen) atoms. The number of H-pyrrole nitrogens is 2. The van der Waals surface area contributed by atoms with E-state index < -0.39 is 0 Å². The minimum Gasteiger partial charge on any atom is -0.355 e. The zero-order chi connectivity index (χ0) is 33.0. The first-order chi connectivity index (χ1) is 23.5. The second kappa shape index (κ2) is 14.0. The number of nitrogens with zero attached hydrogens (tertiary/aromatic N) is 2. The van der Waals surface area contributed by atoms with E-state index in [-0.39, 0.29) is 11.8 Å². The van der Waals surface area contributed by atoms with E-state index >= 15 is 0 Å². The molecule has 238 valence electrons. The number of benzene rings is 2. The SMILES string of the molecule is O=C(NCCBr)c1cccc(-c2c3nc(c(-c4cccc(C(=O)NCCBr)c4)c4ccc(cc5nc(cc6ccc2[nH]6)C=C5)[nH]4)C=C3)c1. The Balaban J connectivity index is 1.51. The molecule has 3 aromatic heterocycles. The molecular weight excluding hydrogens is 732 g/mol. The van der Waals surface area contributed by atoms with E-state index in [0.717, 1.165) is 67.1 Å². The molecule has 2 aromatic carbocycles. The maximum Gasteiger partial charge on any atom is 0.251 e. The summed E-state index contributed by atoms with van der Waals surface area (Å²) in [5.41, 5.74) is 11.1. The van der Waals surface area contributed by atoms with E-state index in [4.69, 9.17) is 9.97 Å². The number of carbonyl (C=O) groups excluding carboxylic acids is 2. The van der Waals surface area contributed by atoms with Crippen LogP contribution in [0.5, 0.6) is 0 Å². The van der Waals surface area contributed by atoms with Gasteiger partial charge in [-0.3, -0.25) is 9.59 Å². The van der Waals surface area contributed by atoms with Crippen LogP contribution in [0.3, 0.4) is 0 Å². The van der Waals surface area contributed by atoms with Crippen molar-refractivity contribution in [2.24, 2.45) is 0 Å². The third kappa shape index (κ3) is 6.67. The summed E-state index contributed by atoms with van der Waals surface area (Å²) >= 11 is 6.76. The van der Waals surface area contributed by atoms with Gasteiger partial charge in [0.15, 0.2) is 0 Å². The van der Waals surface area contributed by atoms with Gasteiger partial charge in [-0.2, -0.15) is 0 Å². The zero-order valence-electron chi connectivity index (χ0n) is 25.7. The first-order valence-corrected chi connectivity index (χ1v) is 17.7. The van der Waals surface area contributed by atoms with Gasteiger partial charge in [-0.05, 0) is 96.1 Å². The topological polar surface area (TPSA) is 116 Å². The molecule has 8 nitrogen and oxygen atoms in total. The van der Waals surface area contributed by atoms with Crippen LogP contribution in [0.1, 0.15) is 43.5 Å². The van der Waals surface area contributed by atoms with Crippen LogP contribution < -0.4 is 10.6 Å². The molecule has 0 radical (unpaired) electrons. The predicted octanol–water partition coefficient (Wildman–Crippen LogP) is 8.24. The molecule has 5 heterocycles. The number of carbonyl (C=O) groups is 2. The minimum absolute atomic E-state index is 0.144. The summed E-state index contributed by atoms with van der Waals surface area (Å²) in [5.74, 6) is -0.287. The highest BCUT2D eigenvalue weighted by Gasteiger charge is 2.17. The molecule has 7 rings (SSSR count). The Labute approximate surface area is 293 Å². The van der Waals surface area contributed by atoms with Crippen LogP contribution >= 0.6 is 31.9 Å². The molecule has 0 atom stereocenters. The number of aromatic nitrogens is 4. The lowest BCUT2D eigenvalue weighted by Crippen LogP contribution is -2.25. The van der Waals surface area contributed by atoms with Gasteiger partial charge >= 0.3 is 0 Å². The molecule has 0 saturated heterocycles. The lowest BCUT2D eigenvalue weighted by atomic mass is 10.0. The first kappa shape index (κ1) is 31.5. The third-order valence-electron chi connectivity index (χ3n) is 7.98. The molecular formula is C38H30Br2N6O2. The lowest BCUT2D eigenvalue weighted by molar-refractivity contribution is 0.0948. The normalized spacial score (nSPS) is 11.9. The van der Waals surface area contributed by atoms with Crippen molar-refractivity contribution in [2.75, 3.05) is 23.7 Å². The predicted molar refractivity (Wildman–Crippen MR) is 202 cm³/mol. The van der Waals surface area contributed by atoms with Crippen molar-refractivity contribution in [1.82, 2.24) is 30.6 Å². The molecule has 0 unspecified atom stereocenters. The number of hydrogen-bond donors (Lipinski definition) is 4. The molecule has 0 saturated carbocycles. The van der Waals surface area contributed by atoms with Crippen molar-refractivity contribution in [3.05, 3.63) is 119 Å². The number of amides is 2. The van der Waals surface area contributed by atoms with Gasteiger partial charge in [0.25, 0.3) is 11.8 Å². The van der Waals surface area contributed by atoms with E-state index in [1.165, 1.54) is 0 Å². The Bertz CT molecular complexity index is 2130. The highest BCUT2D eigenvalue weighted by molar-refractivity contribution is 9.09. The molecule has 0 aliphatic carbocycles. The number of aromatic amines is 2. The van der Waals surface area contributed by atoms with E-state index in [9.17, 15) is 9.59 Å². The zero-order valence-corrected chi connectivity index (χ0v) is 28.9. The van der Waals surface area contributed by atoms with Crippen molar-refractivity contribution >= 4 is 90.0 Å². The molecule has 10 heteroatoms. The van der Waals surface area contributed by atoms with E-state index in [1.807, 2.05) is 109 Å². The first-order valence-electron chi connectivity index (χ1n) is 15.5. The van der Waals surface area contributed by atoms with E-state index in [2.05, 4.69) is 52.5 Å². The van der Waals surface area contributed by atoms with Crippen molar-refractivity contribution in [1.29, 1.82) is 0 Å². The summed E-state index contributed by atoms with van der Waals surface area (Å²) in [6.45, 7) is 1.05. The van der Waals surface area contributed by atoms with Crippen LogP contribution in [-0.4, -0.2) is 55.5 Å². The number of alkyl halides is 2. The van der Waals surface area contributed by atoms with Crippen LogP contribution in [0.2, 0.25) is 0 Å². The molecule has 4 N–H and O–H groups in total. The Morgan fingerprint density at radius 1 is 0.583 bits per heavy atom. The van der Waals surface area contributed by atoms with E-state index in [0.29, 0.717) is 34.9 Å².